The lowest BCUT2D eigenvalue weighted by Gasteiger charge is -2.34. The van der Waals surface area contributed by atoms with E-state index in [2.05, 4.69) is 8.83 Å². The van der Waals surface area contributed by atoms with E-state index in [0.717, 1.165) is 26.9 Å². The summed E-state index contributed by atoms with van der Waals surface area (Å²) in [5.74, 6) is -0.769. The Hall–Kier alpha value is -1.87. The zero-order chi connectivity index (χ0) is 21.7. The van der Waals surface area contributed by atoms with Crippen molar-refractivity contribution in [2.75, 3.05) is 12.4 Å². The highest BCUT2D eigenvalue weighted by atomic mass is 32.2. The molecule has 0 spiro atoms. The summed E-state index contributed by atoms with van der Waals surface area (Å²) in [6, 6.07) is 16.2. The van der Waals surface area contributed by atoms with Gasteiger partial charge in [0.05, 0.1) is 25.1 Å². The van der Waals surface area contributed by atoms with Crippen molar-refractivity contribution in [1.29, 1.82) is 0 Å². The number of phosphoric acid groups is 2. The van der Waals surface area contributed by atoms with E-state index in [1.807, 2.05) is 30.3 Å². The van der Waals surface area contributed by atoms with Gasteiger partial charge >= 0.3 is 0 Å². The second kappa shape index (κ2) is 7.37. The average molecular weight is 467 g/mol. The molecule has 0 radical (unpaired) electrons. The summed E-state index contributed by atoms with van der Waals surface area (Å²) in [5.41, 5.74) is 0. The molecule has 4 aromatic rings. The van der Waals surface area contributed by atoms with Crippen LogP contribution < -0.4 is 14.7 Å². The Kier molecular flexibility index (Phi) is 5.25. The number of hydrogen-bond acceptors (Lipinski definition) is 9. The van der Waals surface area contributed by atoms with Gasteiger partial charge in [0.2, 0.25) is 0 Å². The molecule has 4 rings (SSSR count). The van der Waals surface area contributed by atoms with Gasteiger partial charge in [-0.05, 0) is 33.0 Å². The van der Waals surface area contributed by atoms with Gasteiger partial charge in [-0.3, -0.25) is 8.88 Å². The molecule has 0 saturated heterocycles. The van der Waals surface area contributed by atoms with Gasteiger partial charge in [0.1, 0.15) is 0 Å². The van der Waals surface area contributed by atoms with Crippen LogP contribution in [0.25, 0.3) is 32.3 Å². The predicted molar refractivity (Wildman–Crippen MR) is 104 cm³/mol. The standard InChI is InChI=1S/C18H16O9P2S/c19-28(20,21)27-29(22,23)26-10-11-30(24,25)16-9-7-14-5-4-12-2-1-3-13-6-8-15(16)18(14)17(12)13/h1-9H,10-11H2,(H,22,23)(H2,19,20,21)/p-3. The summed E-state index contributed by atoms with van der Waals surface area (Å²) in [5, 5.41) is 4.91. The zero-order valence-electron chi connectivity index (χ0n) is 15.1. The van der Waals surface area contributed by atoms with Crippen LogP contribution in [0.4, 0.5) is 0 Å². The van der Waals surface area contributed by atoms with Gasteiger partial charge in [0.25, 0.3) is 7.82 Å². The lowest BCUT2D eigenvalue weighted by Crippen LogP contribution is -2.20. The van der Waals surface area contributed by atoms with Crippen LogP contribution in [0.5, 0.6) is 0 Å². The first-order chi connectivity index (χ1) is 14.0. The minimum Gasteiger partial charge on any atom is -0.790 e. The molecular formula is C18H13O9P2S-3. The summed E-state index contributed by atoms with van der Waals surface area (Å²) >= 11 is 0. The predicted octanol–water partition coefficient (Wildman–Crippen LogP) is 1.69. The quantitative estimate of drug-likeness (QED) is 0.291. The first-order valence-electron chi connectivity index (χ1n) is 8.55. The lowest BCUT2D eigenvalue weighted by atomic mass is 9.94. The van der Waals surface area contributed by atoms with E-state index in [0.29, 0.717) is 5.39 Å². The molecule has 158 valence electrons. The van der Waals surface area contributed by atoms with Crippen LogP contribution in [0, 0.1) is 0 Å². The van der Waals surface area contributed by atoms with Crippen LogP contribution >= 0.6 is 15.6 Å². The van der Waals surface area contributed by atoms with Crippen LogP contribution in [0.2, 0.25) is 0 Å². The summed E-state index contributed by atoms with van der Waals surface area (Å²) in [6.07, 6.45) is 0. The molecule has 12 heteroatoms. The Balaban J connectivity index is 1.70. The van der Waals surface area contributed by atoms with Crippen LogP contribution in [0.15, 0.2) is 59.5 Å². The van der Waals surface area contributed by atoms with Crippen LogP contribution in [0.3, 0.4) is 0 Å². The van der Waals surface area contributed by atoms with E-state index in [-0.39, 0.29) is 4.90 Å². The zero-order valence-corrected chi connectivity index (χ0v) is 17.7. The third-order valence-corrected chi connectivity index (χ3v) is 8.45. The molecule has 0 aliphatic rings. The van der Waals surface area contributed by atoms with Crippen molar-refractivity contribution in [3.05, 3.63) is 54.6 Å². The number of rotatable bonds is 7. The summed E-state index contributed by atoms with van der Waals surface area (Å²) in [6.45, 7) is -0.912. The maximum absolute atomic E-state index is 12.9. The molecule has 1 atom stereocenters. The molecule has 0 aliphatic carbocycles. The molecule has 0 aliphatic heterocycles. The Morgan fingerprint density at radius 3 is 2.00 bits per heavy atom. The molecular weight excluding hydrogens is 454 g/mol. The fourth-order valence-electron chi connectivity index (χ4n) is 3.49. The van der Waals surface area contributed by atoms with E-state index < -0.39 is 37.8 Å². The first kappa shape index (κ1) is 21.4. The molecule has 1 unspecified atom stereocenters. The van der Waals surface area contributed by atoms with Crippen molar-refractivity contribution in [1.82, 2.24) is 0 Å². The van der Waals surface area contributed by atoms with Crippen LogP contribution in [0.1, 0.15) is 0 Å². The van der Waals surface area contributed by atoms with E-state index >= 15 is 0 Å². The minimum absolute atomic E-state index is 0.0168. The number of benzene rings is 4. The van der Waals surface area contributed by atoms with Crippen molar-refractivity contribution >= 4 is 57.8 Å². The Labute approximate surface area is 171 Å². The molecule has 0 fully saturated rings. The molecule has 0 N–H and O–H groups in total. The van der Waals surface area contributed by atoms with Gasteiger partial charge in [-0.2, -0.15) is 0 Å². The largest absolute Gasteiger partial charge is 0.790 e. The fraction of sp³-hybridized carbons (Fsp3) is 0.111. The van der Waals surface area contributed by atoms with E-state index in [4.69, 9.17) is 0 Å². The summed E-state index contributed by atoms with van der Waals surface area (Å²) in [4.78, 5) is 32.2. The highest BCUT2D eigenvalue weighted by Crippen LogP contribution is 2.50. The number of phosphoric ester groups is 1. The van der Waals surface area contributed by atoms with E-state index in [9.17, 15) is 32.2 Å². The van der Waals surface area contributed by atoms with Crippen molar-refractivity contribution in [2.45, 2.75) is 4.90 Å². The highest BCUT2D eigenvalue weighted by molar-refractivity contribution is 7.91. The second-order valence-corrected chi connectivity index (χ2v) is 11.3. The molecule has 30 heavy (non-hydrogen) atoms. The van der Waals surface area contributed by atoms with Gasteiger partial charge in [-0.25, -0.2) is 8.42 Å². The molecule has 9 nitrogen and oxygen atoms in total. The normalized spacial score (nSPS) is 15.2. The Morgan fingerprint density at radius 1 is 0.800 bits per heavy atom. The molecule has 0 amide bonds. The molecule has 0 bridgehead atoms. The van der Waals surface area contributed by atoms with E-state index in [1.165, 1.54) is 6.07 Å². The summed E-state index contributed by atoms with van der Waals surface area (Å²) in [7, 11) is -15.3. The average Bonchev–Trinajstić information content (AvgIpc) is 2.63. The SMILES string of the molecule is O=P([O-])([O-])OP(=O)([O-])OCCS(=O)(=O)c1ccc2ccc3cccc4ccc1c2c34. The molecule has 0 aromatic heterocycles. The third-order valence-electron chi connectivity index (χ3n) is 4.63. The minimum atomic E-state index is -5.84. The summed E-state index contributed by atoms with van der Waals surface area (Å²) < 4.78 is 55.0. The number of sulfone groups is 1. The molecule has 0 heterocycles. The monoisotopic (exact) mass is 467 g/mol. The number of hydrogen-bond donors (Lipinski definition) is 0. The first-order valence-corrected chi connectivity index (χ1v) is 13.1. The maximum atomic E-state index is 12.9. The fourth-order valence-corrected chi connectivity index (χ4v) is 6.40. The van der Waals surface area contributed by atoms with Crippen molar-refractivity contribution < 1.29 is 41.1 Å². The van der Waals surface area contributed by atoms with Gasteiger partial charge < -0.3 is 23.8 Å². The van der Waals surface area contributed by atoms with Gasteiger partial charge in [0.15, 0.2) is 9.84 Å². The highest BCUT2D eigenvalue weighted by Gasteiger charge is 2.21. The second-order valence-electron chi connectivity index (χ2n) is 6.55. The third kappa shape index (κ3) is 4.14. The topological polar surface area (TPSA) is 156 Å². The van der Waals surface area contributed by atoms with Crippen molar-refractivity contribution in [3.63, 3.8) is 0 Å². The maximum Gasteiger partial charge on any atom is 0.271 e. The van der Waals surface area contributed by atoms with Crippen LogP contribution in [-0.2, 0) is 27.8 Å². The van der Waals surface area contributed by atoms with Gasteiger partial charge in [-0.15, -0.1) is 0 Å². The molecule has 0 saturated carbocycles. The smallest absolute Gasteiger partial charge is 0.271 e. The molecule has 4 aromatic carbocycles. The lowest BCUT2D eigenvalue weighted by molar-refractivity contribution is -0.339. The van der Waals surface area contributed by atoms with Crippen molar-refractivity contribution in [3.8, 4) is 0 Å². The van der Waals surface area contributed by atoms with Crippen LogP contribution in [-0.4, -0.2) is 20.8 Å². The Morgan fingerprint density at radius 2 is 1.37 bits per heavy atom. The Bertz CT molecular complexity index is 1440. The van der Waals surface area contributed by atoms with Crippen molar-refractivity contribution in [2.24, 2.45) is 0 Å². The van der Waals surface area contributed by atoms with E-state index in [1.54, 1.807) is 18.2 Å². The van der Waals surface area contributed by atoms with Gasteiger partial charge in [0, 0.05) is 5.39 Å². The van der Waals surface area contributed by atoms with Gasteiger partial charge in [-0.1, -0.05) is 48.5 Å².